The smallest absolute Gasteiger partial charge is 0.251 e. The van der Waals surface area contributed by atoms with Gasteiger partial charge in [-0.2, -0.15) is 0 Å². The van der Waals surface area contributed by atoms with Gasteiger partial charge in [0.15, 0.2) is 0 Å². The molecule has 0 N–H and O–H groups in total. The highest BCUT2D eigenvalue weighted by atomic mass is 35.5. The molecule has 0 saturated carbocycles. The number of aromatic nitrogens is 2. The van der Waals surface area contributed by atoms with E-state index in [2.05, 4.69) is 16.8 Å². The Labute approximate surface area is 140 Å². The molecular formula is C17H19ClN2O3. The molecule has 0 spiro atoms. The van der Waals surface area contributed by atoms with Crippen LogP contribution < -0.4 is 4.74 Å². The predicted octanol–water partition coefficient (Wildman–Crippen LogP) is 4.24. The average molecular weight is 335 g/mol. The number of hydrogen-bond acceptors (Lipinski definition) is 5. The summed E-state index contributed by atoms with van der Waals surface area (Å²) in [7, 11) is 0. The largest absolute Gasteiger partial charge is 0.490 e. The zero-order chi connectivity index (χ0) is 16.4. The molecule has 0 radical (unpaired) electrons. The van der Waals surface area contributed by atoms with E-state index in [4.69, 9.17) is 25.5 Å². The van der Waals surface area contributed by atoms with E-state index in [9.17, 15) is 0 Å². The predicted molar refractivity (Wildman–Crippen MR) is 87.8 cm³/mol. The van der Waals surface area contributed by atoms with Crippen LogP contribution in [0.4, 0.5) is 0 Å². The van der Waals surface area contributed by atoms with Crippen LogP contribution in [0.15, 0.2) is 34.8 Å². The lowest BCUT2D eigenvalue weighted by Gasteiger charge is -2.20. The molecule has 122 valence electrons. The van der Waals surface area contributed by atoms with Crippen LogP contribution >= 0.6 is 11.6 Å². The number of nitrogens with zero attached hydrogens (tertiary/aromatic N) is 2. The van der Waals surface area contributed by atoms with Crippen LogP contribution in [-0.4, -0.2) is 29.5 Å². The molecule has 1 aromatic heterocycles. The van der Waals surface area contributed by atoms with Gasteiger partial charge in [0.2, 0.25) is 5.89 Å². The van der Waals surface area contributed by atoms with E-state index in [-0.39, 0.29) is 12.0 Å². The van der Waals surface area contributed by atoms with Crippen molar-refractivity contribution in [1.82, 2.24) is 10.2 Å². The van der Waals surface area contributed by atoms with Crippen molar-refractivity contribution >= 4 is 11.6 Å². The second-order valence-corrected chi connectivity index (χ2v) is 6.36. The lowest BCUT2D eigenvalue weighted by atomic mass is 9.99. The zero-order valence-electron chi connectivity index (χ0n) is 13.2. The Morgan fingerprint density at radius 3 is 2.91 bits per heavy atom. The van der Waals surface area contributed by atoms with Crippen molar-refractivity contribution < 1.29 is 13.9 Å². The van der Waals surface area contributed by atoms with Crippen molar-refractivity contribution in [2.75, 3.05) is 13.2 Å². The fourth-order valence-electron chi connectivity index (χ4n) is 2.50. The molecule has 1 aromatic carbocycles. The molecule has 0 aliphatic carbocycles. The van der Waals surface area contributed by atoms with Gasteiger partial charge in [-0.1, -0.05) is 23.8 Å². The van der Waals surface area contributed by atoms with E-state index in [1.54, 1.807) is 12.1 Å². The van der Waals surface area contributed by atoms with Gasteiger partial charge < -0.3 is 13.9 Å². The summed E-state index contributed by atoms with van der Waals surface area (Å²) in [5.41, 5.74) is 1.73. The minimum atomic E-state index is 0.0346. The second kappa shape index (κ2) is 6.72. The monoisotopic (exact) mass is 334 g/mol. The van der Waals surface area contributed by atoms with E-state index in [0.717, 1.165) is 12.0 Å². The van der Waals surface area contributed by atoms with Crippen molar-refractivity contribution in [3.63, 3.8) is 0 Å². The van der Waals surface area contributed by atoms with Crippen LogP contribution in [0, 0.1) is 0 Å². The number of halogens is 1. The van der Waals surface area contributed by atoms with E-state index in [1.165, 1.54) is 0 Å². The molecule has 1 aliphatic rings. The summed E-state index contributed by atoms with van der Waals surface area (Å²) in [6.07, 6.45) is 0.833. The highest BCUT2D eigenvalue weighted by molar-refractivity contribution is 6.30. The molecule has 1 atom stereocenters. The Bertz CT molecular complexity index is 712. The first-order valence-corrected chi connectivity index (χ1v) is 7.95. The number of ether oxygens (including phenoxy) is 2. The van der Waals surface area contributed by atoms with Crippen LogP contribution in [0.5, 0.6) is 5.75 Å². The van der Waals surface area contributed by atoms with Crippen LogP contribution in [0.1, 0.15) is 32.1 Å². The molecule has 0 amide bonds. The molecule has 1 unspecified atom stereocenters. The maximum atomic E-state index is 6.10. The van der Waals surface area contributed by atoms with Crippen LogP contribution in [-0.2, 0) is 4.74 Å². The van der Waals surface area contributed by atoms with Crippen LogP contribution in [0.25, 0.3) is 11.5 Å². The zero-order valence-corrected chi connectivity index (χ0v) is 14.0. The van der Waals surface area contributed by atoms with Crippen LogP contribution in [0.3, 0.4) is 0 Å². The highest BCUT2D eigenvalue weighted by Crippen LogP contribution is 2.34. The van der Waals surface area contributed by atoms with Gasteiger partial charge in [-0.15, -0.1) is 10.2 Å². The fourth-order valence-corrected chi connectivity index (χ4v) is 2.68. The first-order chi connectivity index (χ1) is 11.0. The third kappa shape index (κ3) is 3.74. The molecule has 0 bridgehead atoms. The van der Waals surface area contributed by atoms with Crippen LogP contribution in [0.2, 0.25) is 5.02 Å². The third-order valence-electron chi connectivity index (χ3n) is 3.48. The summed E-state index contributed by atoms with van der Waals surface area (Å²) >= 11 is 6.10. The molecule has 2 heterocycles. The van der Waals surface area contributed by atoms with Gasteiger partial charge in [-0.05, 0) is 38.5 Å². The van der Waals surface area contributed by atoms with E-state index < -0.39 is 0 Å². The molecule has 23 heavy (non-hydrogen) atoms. The van der Waals surface area contributed by atoms with Crippen molar-refractivity contribution in [3.05, 3.63) is 41.3 Å². The highest BCUT2D eigenvalue weighted by Gasteiger charge is 2.25. The van der Waals surface area contributed by atoms with Gasteiger partial charge in [0, 0.05) is 5.02 Å². The van der Waals surface area contributed by atoms with Gasteiger partial charge in [0.25, 0.3) is 5.89 Å². The Morgan fingerprint density at radius 2 is 2.17 bits per heavy atom. The van der Waals surface area contributed by atoms with E-state index >= 15 is 0 Å². The quantitative estimate of drug-likeness (QED) is 0.783. The Hall–Kier alpha value is -1.85. The van der Waals surface area contributed by atoms with Gasteiger partial charge in [-0.3, -0.25) is 0 Å². The summed E-state index contributed by atoms with van der Waals surface area (Å²) < 4.78 is 17.1. The third-order valence-corrected chi connectivity index (χ3v) is 3.72. The van der Waals surface area contributed by atoms with Gasteiger partial charge in [0.05, 0.1) is 30.8 Å². The molecule has 6 heteroatoms. The molecule has 1 fully saturated rings. The standard InChI is InChI=1S/C17H19ClN2O3/c1-10(2)22-15-5-4-13(18)7-14(15)17-20-19-16(23-17)12-6-11(3)8-21-9-12/h4-5,7,10,12H,3,6,8-9H2,1-2H3. The maximum absolute atomic E-state index is 6.10. The first kappa shape index (κ1) is 16.0. The second-order valence-electron chi connectivity index (χ2n) is 5.92. The van der Waals surface area contributed by atoms with E-state index in [1.807, 2.05) is 19.9 Å². The lowest BCUT2D eigenvalue weighted by molar-refractivity contribution is 0.105. The lowest BCUT2D eigenvalue weighted by Crippen LogP contribution is -2.17. The first-order valence-electron chi connectivity index (χ1n) is 7.57. The minimum Gasteiger partial charge on any atom is -0.490 e. The molecule has 1 aliphatic heterocycles. The normalized spacial score (nSPS) is 18.4. The number of rotatable bonds is 4. The molecule has 5 nitrogen and oxygen atoms in total. The molecule has 3 rings (SSSR count). The van der Waals surface area contributed by atoms with Gasteiger partial charge in [0.1, 0.15) is 5.75 Å². The van der Waals surface area contributed by atoms with Gasteiger partial charge >= 0.3 is 0 Å². The molecule has 2 aromatic rings. The molecule has 1 saturated heterocycles. The summed E-state index contributed by atoms with van der Waals surface area (Å²) in [5.74, 6) is 1.67. The summed E-state index contributed by atoms with van der Waals surface area (Å²) in [6.45, 7) is 9.04. The minimum absolute atomic E-state index is 0.0346. The maximum Gasteiger partial charge on any atom is 0.251 e. The Morgan fingerprint density at radius 1 is 1.35 bits per heavy atom. The Kier molecular flexibility index (Phi) is 4.68. The summed E-state index contributed by atoms with van der Waals surface area (Å²) in [4.78, 5) is 0. The summed E-state index contributed by atoms with van der Waals surface area (Å²) in [6, 6.07) is 5.36. The SMILES string of the molecule is C=C1COCC(c2nnc(-c3cc(Cl)ccc3OC(C)C)o2)C1. The van der Waals surface area contributed by atoms with Crippen molar-refractivity contribution in [3.8, 4) is 17.2 Å². The number of benzene rings is 1. The van der Waals surface area contributed by atoms with Crippen molar-refractivity contribution in [2.45, 2.75) is 32.3 Å². The van der Waals surface area contributed by atoms with E-state index in [0.29, 0.717) is 41.3 Å². The van der Waals surface area contributed by atoms with Crippen molar-refractivity contribution in [2.24, 2.45) is 0 Å². The van der Waals surface area contributed by atoms with Gasteiger partial charge in [-0.25, -0.2) is 0 Å². The fraction of sp³-hybridized carbons (Fsp3) is 0.412. The number of hydrogen-bond donors (Lipinski definition) is 0. The summed E-state index contributed by atoms with van der Waals surface area (Å²) in [5, 5.41) is 8.91. The Balaban J connectivity index is 1.90. The topological polar surface area (TPSA) is 57.4 Å². The molecular weight excluding hydrogens is 316 g/mol. The van der Waals surface area contributed by atoms with Crippen molar-refractivity contribution in [1.29, 1.82) is 0 Å². The average Bonchev–Trinajstić information content (AvgIpc) is 2.98.